The van der Waals surface area contributed by atoms with Gasteiger partial charge in [0.05, 0.1) is 60.7 Å². The van der Waals surface area contributed by atoms with Crippen LogP contribution in [0.3, 0.4) is 0 Å². The fourth-order valence-corrected chi connectivity index (χ4v) is 30.0. The van der Waals surface area contributed by atoms with Crippen molar-refractivity contribution in [2.75, 3.05) is 54.9 Å². The minimum Gasteiger partial charge on any atom is -0.459 e. The predicted octanol–water partition coefficient (Wildman–Crippen LogP) is 22.2. The van der Waals surface area contributed by atoms with Gasteiger partial charge in [0, 0.05) is 66.3 Å². The van der Waals surface area contributed by atoms with Crippen LogP contribution < -0.4 is 0 Å². The molecule has 0 spiro atoms. The molecular weight excluding hydrogens is 1930 g/mol. The third-order valence-electron chi connectivity index (χ3n) is 37.8. The molecule has 0 radical (unpaired) electrons. The Morgan fingerprint density at radius 2 is 0.507 bits per heavy atom. The lowest BCUT2D eigenvalue weighted by atomic mass is 9.50. The van der Waals surface area contributed by atoms with Crippen molar-refractivity contribution in [2.24, 2.45) is 80.3 Å². The Morgan fingerprint density at radius 3 is 0.787 bits per heavy atom. The highest BCUT2D eigenvalue weighted by molar-refractivity contribution is 5.80. The van der Waals surface area contributed by atoms with Gasteiger partial charge in [-0.05, 0) is 403 Å². The summed E-state index contributed by atoms with van der Waals surface area (Å²) >= 11 is 0. The second-order valence-electron chi connectivity index (χ2n) is 54.9. The molecule has 20 bridgehead atoms. The minimum absolute atomic E-state index is 0.0195. The van der Waals surface area contributed by atoms with E-state index < -0.39 is 125 Å². The van der Waals surface area contributed by atoms with E-state index in [0.29, 0.717) is 112 Å². The fraction of sp³-hybridized carbons (Fsp3) is 0.908. The van der Waals surface area contributed by atoms with Gasteiger partial charge in [-0.3, -0.25) is 24.0 Å². The number of ether oxygens (including phenoxy) is 20. The van der Waals surface area contributed by atoms with Gasteiger partial charge in [0.25, 0.3) is 0 Å². The van der Waals surface area contributed by atoms with Gasteiger partial charge in [-0.15, -0.1) is 0 Å². The molecule has 0 N–H and O–H groups in total. The molecule has 0 aromatic rings. The summed E-state index contributed by atoms with van der Waals surface area (Å²) in [5.41, 5.74) is -9.31. The van der Waals surface area contributed by atoms with Crippen molar-refractivity contribution >= 4 is 65.7 Å². The summed E-state index contributed by atoms with van der Waals surface area (Å²) in [6, 6.07) is 0. The lowest BCUT2D eigenvalue weighted by Crippen LogP contribution is -2.69. The molecule has 856 valence electrons. The van der Waals surface area contributed by atoms with E-state index in [-0.39, 0.29) is 110 Å². The molecule has 0 heterocycles. The first-order chi connectivity index (χ1) is 69.8. The largest absolute Gasteiger partial charge is 0.459 e. The molecule has 0 amide bonds. The number of carbonyl (C=O) groups excluding carboxylic acids is 11. The average Bonchev–Trinajstić information content (AvgIpc) is 0.693. The van der Waals surface area contributed by atoms with Crippen LogP contribution in [0, 0.1) is 80.3 Å². The van der Waals surface area contributed by atoms with Crippen LogP contribution in [0.25, 0.3) is 0 Å². The summed E-state index contributed by atoms with van der Waals surface area (Å²) in [5, 5.41) is 0. The number of esters is 11. The third kappa shape index (κ3) is 29.7. The molecule has 31 heteroatoms. The van der Waals surface area contributed by atoms with E-state index >= 15 is 0 Å². The summed E-state index contributed by atoms with van der Waals surface area (Å²) in [6.07, 6.45) is 34.0. The molecule has 21 aliphatic carbocycles. The maximum Gasteiger partial charge on any atom is 0.337 e. The zero-order valence-corrected chi connectivity index (χ0v) is 97.4. The van der Waals surface area contributed by atoms with Crippen molar-refractivity contribution in [3.63, 3.8) is 0 Å². The number of carbonyl (C=O) groups is 11. The number of hydrogen-bond donors (Lipinski definition) is 0. The van der Waals surface area contributed by atoms with Gasteiger partial charge in [-0.1, -0.05) is 54.9 Å². The molecule has 0 aromatic heterocycles. The molecule has 0 aliphatic heterocycles. The maximum absolute atomic E-state index is 13.2. The van der Waals surface area contributed by atoms with Crippen LogP contribution in [-0.4, -0.2) is 223 Å². The SMILES string of the molecule is CCC(C)(C)C(=O)OC12CC3CC(C1)CC(OC(C)C(=O)OC(C)(C)C)(C3)C2.CCC(C)(C)C(=O)OC12CC3CC(C1)CC(OC(C)C(=O)OCOC)(C3)C2.CCC(C)(C)C(=O)OC12CC3CC(OC(C)C(=O)OCOC)(C1)CC(OC(C)C(=O)OCOC)(C3)C2.CCC(C)(C)OC(=O)COC12CC3CC(C1)CC(OC(=O)C(C)(C)CC)(C3)C2.CCC1(OC(=O)COC23CC4CC(C2)CC(OC(=O)C(C)(C)CC)(C4)C3)CCCCC1. The first-order valence-electron chi connectivity index (χ1n) is 57.6. The van der Waals surface area contributed by atoms with Gasteiger partial charge in [0.15, 0.2) is 44.8 Å². The third-order valence-corrected chi connectivity index (χ3v) is 37.8. The van der Waals surface area contributed by atoms with Crippen molar-refractivity contribution in [3.05, 3.63) is 0 Å². The molecule has 14 atom stereocenters. The van der Waals surface area contributed by atoms with E-state index in [9.17, 15) is 52.7 Å². The van der Waals surface area contributed by atoms with Crippen LogP contribution in [0.5, 0.6) is 0 Å². The quantitative estimate of drug-likeness (QED) is 0.0311. The van der Waals surface area contributed by atoms with Crippen molar-refractivity contribution < 1.29 is 147 Å². The summed E-state index contributed by atoms with van der Waals surface area (Å²) in [6.45, 7) is 49.4. The topological polar surface area (TPSA) is 372 Å². The van der Waals surface area contributed by atoms with E-state index in [1.54, 1.807) is 27.7 Å². The van der Waals surface area contributed by atoms with E-state index in [2.05, 4.69) is 6.92 Å². The standard InChI is InChI=1S/C26H42O10.C26H42O5.2C23H38O5.C21H34O6/c1-8-23(4,5)22(29)36-26-11-19-9-24(13-26,34-17(2)20(27)32-15-30-6)12-25(10-19,14-26)35-18(3)21(28)33-16-31-7;1-5-23(3,4)22(28)31-26-15-19-12-20(16-26)14-25(13-19,18-26)29-17-21(27)30-24(6-2)10-8-7-9-11-24;1-8-21(6,7)19(25)28-23-12-16-9-17(13-23)11-22(10-16,14-23)26-15(2)18(24)27-20(3,4)5;1-7-20(3,4)19(25)28-23-12-16-9-17(13-23)11-22(10-16,15-23)26-14-18(24)27-21(5,6)8-2;1-6-19(3,4)18(23)27-21-10-15-7-16(11-21)9-20(8-15,12-21)26-14(2)17(22)25-13-24-5/h17-19H,8-16H2,1-7H3;19-20H,5-18H2,1-4H3;15-17H,8-14H2,1-7H3;16-17H,7-15H2,1-6H3;14-16H,6-13H2,1-5H3. The van der Waals surface area contributed by atoms with Crippen LogP contribution in [0.15, 0.2) is 0 Å². The predicted molar refractivity (Wildman–Crippen MR) is 557 cm³/mol. The van der Waals surface area contributed by atoms with E-state index in [1.807, 2.05) is 145 Å². The monoisotopic (exact) mass is 2120 g/mol. The van der Waals surface area contributed by atoms with E-state index in [1.165, 1.54) is 53.4 Å². The van der Waals surface area contributed by atoms with Crippen molar-refractivity contribution in [1.29, 1.82) is 0 Å². The van der Waals surface area contributed by atoms with E-state index in [0.717, 1.165) is 173 Å². The van der Waals surface area contributed by atoms with Crippen LogP contribution in [0.4, 0.5) is 0 Å². The van der Waals surface area contributed by atoms with Crippen LogP contribution in [0.2, 0.25) is 0 Å². The number of rotatable bonds is 43. The Hall–Kier alpha value is -6.19. The summed E-state index contributed by atoms with van der Waals surface area (Å²) in [4.78, 5) is 139. The van der Waals surface area contributed by atoms with Gasteiger partial charge in [-0.25, -0.2) is 28.8 Å². The molecule has 14 unspecified atom stereocenters. The molecular formula is C119H194O31. The number of hydrogen-bond acceptors (Lipinski definition) is 31. The second kappa shape index (κ2) is 47.1. The van der Waals surface area contributed by atoms with Crippen LogP contribution in [-0.2, 0) is 147 Å². The Labute approximate surface area is 896 Å². The molecule has 0 aromatic carbocycles. The average molecular weight is 2120 g/mol. The zero-order chi connectivity index (χ0) is 111. The molecule has 21 aliphatic rings. The highest BCUT2D eigenvalue weighted by Crippen LogP contribution is 2.68. The Kier molecular flexibility index (Phi) is 38.5. The zero-order valence-electron chi connectivity index (χ0n) is 97.4. The van der Waals surface area contributed by atoms with Gasteiger partial charge in [0.1, 0.15) is 58.0 Å². The van der Waals surface area contributed by atoms with Crippen LogP contribution in [0.1, 0.15) is 450 Å². The van der Waals surface area contributed by atoms with Gasteiger partial charge in [-0.2, -0.15) is 0 Å². The summed E-state index contributed by atoms with van der Waals surface area (Å²) in [5.74, 6) is 1.22. The van der Waals surface area contributed by atoms with Gasteiger partial charge < -0.3 is 94.7 Å². The molecule has 150 heavy (non-hydrogen) atoms. The van der Waals surface area contributed by atoms with Crippen LogP contribution >= 0.6 is 0 Å². The molecule has 21 saturated carbocycles. The lowest BCUT2D eigenvalue weighted by Gasteiger charge is -2.65. The summed E-state index contributed by atoms with van der Waals surface area (Å²) in [7, 11) is 4.36. The lowest BCUT2D eigenvalue weighted by molar-refractivity contribution is -0.300. The smallest absolute Gasteiger partial charge is 0.337 e. The highest BCUT2D eigenvalue weighted by atomic mass is 16.7. The molecule has 21 fully saturated rings. The Morgan fingerprint density at radius 1 is 0.267 bits per heavy atom. The summed E-state index contributed by atoms with van der Waals surface area (Å²) < 4.78 is 116. The van der Waals surface area contributed by atoms with Crippen molar-refractivity contribution in [1.82, 2.24) is 0 Å². The Balaban J connectivity index is 0.000000167. The van der Waals surface area contributed by atoms with Crippen molar-refractivity contribution in [3.8, 4) is 0 Å². The molecule has 21 rings (SSSR count). The first-order valence-corrected chi connectivity index (χ1v) is 57.6. The van der Waals surface area contributed by atoms with Crippen molar-refractivity contribution in [2.45, 2.75) is 553 Å². The van der Waals surface area contributed by atoms with Gasteiger partial charge >= 0.3 is 65.7 Å². The normalized spacial score (nSPS) is 34.8. The fourth-order valence-electron chi connectivity index (χ4n) is 30.0. The van der Waals surface area contributed by atoms with Gasteiger partial charge in [0.2, 0.25) is 0 Å². The first kappa shape index (κ1) is 122. The van der Waals surface area contributed by atoms with E-state index in [4.69, 9.17) is 94.7 Å². The Bertz CT molecular complexity index is 4570. The number of methoxy groups -OCH3 is 3. The maximum atomic E-state index is 13.2. The molecule has 31 nitrogen and oxygen atoms in total. The minimum atomic E-state index is -0.850. The second-order valence-corrected chi connectivity index (χ2v) is 54.9. The molecule has 0 saturated heterocycles. The highest BCUT2D eigenvalue weighted by Gasteiger charge is 2.71.